The van der Waals surface area contributed by atoms with E-state index in [1.165, 1.54) is 0 Å². The third-order valence-electron chi connectivity index (χ3n) is 4.05. The minimum atomic E-state index is 0.307. The largest absolute Gasteiger partial charge is 0.356 e. The van der Waals surface area contributed by atoms with E-state index in [2.05, 4.69) is 18.7 Å². The van der Waals surface area contributed by atoms with Gasteiger partial charge < -0.3 is 4.90 Å². The maximum atomic E-state index is 11.5. The van der Waals surface area contributed by atoms with Crippen LogP contribution in [0.2, 0.25) is 5.02 Å². The number of hydrogen-bond acceptors (Lipinski definition) is 4. The Morgan fingerprint density at radius 2 is 1.87 bits per heavy atom. The molecule has 0 amide bonds. The van der Waals surface area contributed by atoms with Crippen LogP contribution in [0.5, 0.6) is 0 Å². The van der Waals surface area contributed by atoms with Crippen LogP contribution in [0.4, 0.5) is 5.82 Å². The topological polar surface area (TPSA) is 46.1 Å². The van der Waals surface area contributed by atoms with Gasteiger partial charge in [-0.05, 0) is 18.1 Å². The van der Waals surface area contributed by atoms with Crippen molar-refractivity contribution in [3.63, 3.8) is 0 Å². The molecule has 0 aliphatic carbocycles. The molecular formula is C18H20ClN3O. The van der Waals surface area contributed by atoms with Crippen molar-refractivity contribution >= 4 is 23.2 Å². The fourth-order valence-corrected chi connectivity index (χ4v) is 2.84. The molecule has 23 heavy (non-hydrogen) atoms. The third-order valence-corrected chi connectivity index (χ3v) is 4.29. The van der Waals surface area contributed by atoms with E-state index in [0.717, 1.165) is 30.2 Å². The Morgan fingerprint density at radius 1 is 1.13 bits per heavy atom. The van der Waals surface area contributed by atoms with E-state index in [1.54, 1.807) is 0 Å². The highest BCUT2D eigenvalue weighted by molar-refractivity contribution is 6.30. The molecule has 5 heteroatoms. The molecule has 1 aliphatic heterocycles. The number of rotatable bonds is 3. The number of Topliss-reactive ketones (excluding diaryl/α,β-unsaturated/α-hetero) is 1. The van der Waals surface area contributed by atoms with E-state index < -0.39 is 0 Å². The molecular weight excluding hydrogens is 310 g/mol. The van der Waals surface area contributed by atoms with Gasteiger partial charge in [-0.15, -0.1) is 0 Å². The lowest BCUT2D eigenvalue weighted by atomic mass is 10.1. The Labute approximate surface area is 141 Å². The van der Waals surface area contributed by atoms with Gasteiger partial charge in [-0.25, -0.2) is 9.97 Å². The summed E-state index contributed by atoms with van der Waals surface area (Å²) in [5.41, 5.74) is 1.91. The summed E-state index contributed by atoms with van der Waals surface area (Å²) in [6.45, 7) is 5.69. The minimum absolute atomic E-state index is 0.307. The van der Waals surface area contributed by atoms with E-state index in [1.807, 2.05) is 30.3 Å². The molecule has 3 rings (SSSR count). The highest BCUT2D eigenvalue weighted by Gasteiger charge is 2.19. The number of halogens is 1. The molecule has 2 aromatic rings. The van der Waals surface area contributed by atoms with E-state index in [9.17, 15) is 4.79 Å². The number of ketones is 1. The lowest BCUT2D eigenvalue weighted by molar-refractivity contribution is -0.119. The molecule has 0 atom stereocenters. The van der Waals surface area contributed by atoms with E-state index in [4.69, 9.17) is 21.6 Å². The van der Waals surface area contributed by atoms with Crippen LogP contribution in [0.1, 0.15) is 38.3 Å². The van der Waals surface area contributed by atoms with Crippen LogP contribution in [0, 0.1) is 0 Å². The molecule has 1 aromatic heterocycles. The lowest BCUT2D eigenvalue weighted by Gasteiger charge is -2.28. The summed E-state index contributed by atoms with van der Waals surface area (Å²) in [5.74, 6) is 2.22. The summed E-state index contributed by atoms with van der Waals surface area (Å²) < 4.78 is 0. The van der Waals surface area contributed by atoms with Crippen molar-refractivity contribution in [1.29, 1.82) is 0 Å². The van der Waals surface area contributed by atoms with Crippen LogP contribution in [-0.4, -0.2) is 28.8 Å². The molecule has 0 saturated carbocycles. The van der Waals surface area contributed by atoms with Crippen molar-refractivity contribution in [2.24, 2.45) is 0 Å². The van der Waals surface area contributed by atoms with Gasteiger partial charge in [0.1, 0.15) is 11.6 Å². The highest BCUT2D eigenvalue weighted by atomic mass is 35.5. The van der Waals surface area contributed by atoms with Gasteiger partial charge >= 0.3 is 0 Å². The van der Waals surface area contributed by atoms with E-state index >= 15 is 0 Å². The standard InChI is InChI=1S/C18H20ClN3O/c1-12(2)16-11-17(22-8-6-15(23)7-9-22)21-18(20-16)13-4-3-5-14(19)10-13/h3-5,10-12H,6-9H2,1-2H3. The summed E-state index contributed by atoms with van der Waals surface area (Å²) in [4.78, 5) is 23.0. The van der Waals surface area contributed by atoms with Gasteiger partial charge in [0, 0.05) is 48.3 Å². The van der Waals surface area contributed by atoms with Crippen LogP contribution >= 0.6 is 11.6 Å². The smallest absolute Gasteiger partial charge is 0.161 e. The minimum Gasteiger partial charge on any atom is -0.356 e. The first-order valence-corrected chi connectivity index (χ1v) is 8.32. The lowest BCUT2D eigenvalue weighted by Crippen LogP contribution is -2.34. The summed E-state index contributed by atoms with van der Waals surface area (Å²) in [6, 6.07) is 9.63. The fraction of sp³-hybridized carbons (Fsp3) is 0.389. The fourth-order valence-electron chi connectivity index (χ4n) is 2.65. The number of aromatic nitrogens is 2. The SMILES string of the molecule is CC(C)c1cc(N2CCC(=O)CC2)nc(-c2cccc(Cl)c2)n1. The molecule has 0 bridgehead atoms. The molecule has 1 aromatic carbocycles. The summed E-state index contributed by atoms with van der Waals surface area (Å²) in [6.07, 6.45) is 1.18. The normalized spacial score (nSPS) is 15.3. The van der Waals surface area contributed by atoms with Crippen LogP contribution < -0.4 is 4.90 Å². The van der Waals surface area contributed by atoms with Crippen molar-refractivity contribution in [2.45, 2.75) is 32.6 Å². The number of nitrogens with zero attached hydrogens (tertiary/aromatic N) is 3. The molecule has 0 N–H and O–H groups in total. The first-order valence-electron chi connectivity index (χ1n) is 7.94. The number of piperidine rings is 1. The molecule has 2 heterocycles. The van der Waals surface area contributed by atoms with Crippen molar-refractivity contribution in [2.75, 3.05) is 18.0 Å². The molecule has 0 radical (unpaired) electrons. The maximum Gasteiger partial charge on any atom is 0.161 e. The average Bonchev–Trinajstić information content (AvgIpc) is 2.55. The molecule has 1 aliphatic rings. The summed E-state index contributed by atoms with van der Waals surface area (Å²) in [7, 11) is 0. The van der Waals surface area contributed by atoms with Gasteiger partial charge in [-0.3, -0.25) is 4.79 Å². The Kier molecular flexibility index (Phi) is 4.62. The average molecular weight is 330 g/mol. The first kappa shape index (κ1) is 15.9. The van der Waals surface area contributed by atoms with Gasteiger partial charge in [0.25, 0.3) is 0 Å². The number of benzene rings is 1. The molecule has 120 valence electrons. The van der Waals surface area contributed by atoms with Gasteiger partial charge in [-0.2, -0.15) is 0 Å². The van der Waals surface area contributed by atoms with Gasteiger partial charge in [0.05, 0.1) is 0 Å². The van der Waals surface area contributed by atoms with Crippen molar-refractivity contribution in [3.8, 4) is 11.4 Å². The molecule has 4 nitrogen and oxygen atoms in total. The predicted octanol–water partition coefficient (Wildman–Crippen LogP) is 4.09. The van der Waals surface area contributed by atoms with Crippen LogP contribution in [-0.2, 0) is 4.79 Å². The summed E-state index contributed by atoms with van der Waals surface area (Å²) >= 11 is 6.10. The van der Waals surface area contributed by atoms with Crippen molar-refractivity contribution in [1.82, 2.24) is 9.97 Å². The molecule has 1 saturated heterocycles. The second kappa shape index (κ2) is 6.67. The summed E-state index contributed by atoms with van der Waals surface area (Å²) in [5, 5.41) is 0.672. The zero-order chi connectivity index (χ0) is 16.4. The predicted molar refractivity (Wildman–Crippen MR) is 93.0 cm³/mol. The highest BCUT2D eigenvalue weighted by Crippen LogP contribution is 2.26. The maximum absolute atomic E-state index is 11.5. The van der Waals surface area contributed by atoms with Gasteiger partial charge in [0.2, 0.25) is 0 Å². The van der Waals surface area contributed by atoms with Gasteiger partial charge in [0.15, 0.2) is 5.82 Å². The Bertz CT molecular complexity index is 720. The number of hydrogen-bond donors (Lipinski definition) is 0. The van der Waals surface area contributed by atoms with Crippen molar-refractivity contribution in [3.05, 3.63) is 41.0 Å². The van der Waals surface area contributed by atoms with Gasteiger partial charge in [-0.1, -0.05) is 37.6 Å². The molecule has 0 unspecified atom stereocenters. The second-order valence-electron chi connectivity index (χ2n) is 6.17. The Hall–Kier alpha value is -1.94. The van der Waals surface area contributed by atoms with Crippen LogP contribution in [0.25, 0.3) is 11.4 Å². The molecule has 1 fully saturated rings. The number of anilines is 1. The Morgan fingerprint density at radius 3 is 2.52 bits per heavy atom. The van der Waals surface area contributed by atoms with Crippen LogP contribution in [0.3, 0.4) is 0 Å². The zero-order valence-electron chi connectivity index (χ0n) is 13.4. The number of carbonyl (C=O) groups is 1. The Balaban J connectivity index is 2.01. The monoisotopic (exact) mass is 329 g/mol. The second-order valence-corrected chi connectivity index (χ2v) is 6.60. The van der Waals surface area contributed by atoms with E-state index in [0.29, 0.717) is 35.4 Å². The number of carbonyl (C=O) groups excluding carboxylic acids is 1. The van der Waals surface area contributed by atoms with Crippen LogP contribution in [0.15, 0.2) is 30.3 Å². The first-order chi connectivity index (χ1) is 11.0. The third kappa shape index (κ3) is 3.70. The quantitative estimate of drug-likeness (QED) is 0.850. The van der Waals surface area contributed by atoms with E-state index in [-0.39, 0.29) is 0 Å². The van der Waals surface area contributed by atoms with Crippen molar-refractivity contribution < 1.29 is 4.79 Å². The zero-order valence-corrected chi connectivity index (χ0v) is 14.2. The molecule has 0 spiro atoms.